The Labute approximate surface area is 184 Å². The molecule has 2 aromatic carbocycles. The molecule has 11 heteroatoms. The number of fused-ring (bicyclic) bond motifs is 1. The van der Waals surface area contributed by atoms with E-state index in [0.717, 1.165) is 16.7 Å². The Kier molecular flexibility index (Phi) is 6.21. The van der Waals surface area contributed by atoms with Crippen molar-refractivity contribution in [2.45, 2.75) is 18.9 Å². The average Bonchev–Trinajstić information content (AvgIpc) is 3.40. The van der Waals surface area contributed by atoms with Crippen molar-refractivity contribution in [3.63, 3.8) is 0 Å². The summed E-state index contributed by atoms with van der Waals surface area (Å²) in [5.74, 6) is -0.557. The van der Waals surface area contributed by atoms with E-state index in [9.17, 15) is 18.3 Å². The maximum Gasteiger partial charge on any atom is 0.258 e. The molecule has 32 heavy (non-hydrogen) atoms. The molecule has 0 aliphatic heterocycles. The van der Waals surface area contributed by atoms with Crippen molar-refractivity contribution >= 4 is 15.9 Å². The number of phenolic OH excluding ortho intramolecular Hbond substituents is 1. The molecule has 168 valence electrons. The minimum absolute atomic E-state index is 0.000801. The van der Waals surface area contributed by atoms with Crippen LogP contribution in [0.2, 0.25) is 0 Å². The Morgan fingerprint density at radius 3 is 2.72 bits per heavy atom. The van der Waals surface area contributed by atoms with E-state index in [2.05, 4.69) is 20.2 Å². The summed E-state index contributed by atoms with van der Waals surface area (Å²) in [4.78, 5) is 16.2. The van der Waals surface area contributed by atoms with Gasteiger partial charge in [0.25, 0.3) is 5.89 Å². The summed E-state index contributed by atoms with van der Waals surface area (Å²) in [6, 6.07) is 11.4. The number of phenols is 1. The molecule has 1 aliphatic carbocycles. The van der Waals surface area contributed by atoms with E-state index < -0.39 is 27.7 Å². The van der Waals surface area contributed by atoms with Gasteiger partial charge in [-0.2, -0.15) is 4.98 Å². The maximum atomic E-state index is 12.4. The number of carbonyl (C=O) groups is 1. The SMILES string of the molecule is O=C(CS(=O)(=O)N[C@H]1CCc2c(-c3noc(-c4ccc(O)cc4)n3)cccc21)NCCO. The number of benzene rings is 2. The Hall–Kier alpha value is -3.28. The highest BCUT2D eigenvalue weighted by molar-refractivity contribution is 7.90. The highest BCUT2D eigenvalue weighted by Gasteiger charge is 2.30. The molecule has 1 aliphatic rings. The van der Waals surface area contributed by atoms with Gasteiger partial charge in [0.15, 0.2) is 0 Å². The third-order valence-corrected chi connectivity index (χ3v) is 6.41. The lowest BCUT2D eigenvalue weighted by Crippen LogP contribution is -2.38. The van der Waals surface area contributed by atoms with Gasteiger partial charge < -0.3 is 20.1 Å². The number of aliphatic hydroxyl groups excluding tert-OH is 1. The molecule has 4 N–H and O–H groups in total. The first-order valence-electron chi connectivity index (χ1n) is 9.99. The summed E-state index contributed by atoms with van der Waals surface area (Å²) in [6.07, 6.45) is 1.14. The smallest absolute Gasteiger partial charge is 0.258 e. The molecule has 0 radical (unpaired) electrons. The lowest BCUT2D eigenvalue weighted by Gasteiger charge is -2.15. The van der Waals surface area contributed by atoms with Gasteiger partial charge in [0.2, 0.25) is 21.8 Å². The van der Waals surface area contributed by atoms with E-state index in [1.165, 1.54) is 12.1 Å². The summed E-state index contributed by atoms with van der Waals surface area (Å²) in [5.41, 5.74) is 3.14. The highest BCUT2D eigenvalue weighted by atomic mass is 32.2. The molecular formula is C21H22N4O6S. The molecule has 0 saturated heterocycles. The zero-order valence-corrected chi connectivity index (χ0v) is 17.8. The number of hydrogen-bond acceptors (Lipinski definition) is 8. The summed E-state index contributed by atoms with van der Waals surface area (Å²) in [5, 5.41) is 24.6. The molecule has 0 unspecified atom stereocenters. The third-order valence-electron chi connectivity index (χ3n) is 5.13. The van der Waals surface area contributed by atoms with E-state index in [1.54, 1.807) is 18.2 Å². The van der Waals surface area contributed by atoms with Crippen LogP contribution in [0.15, 0.2) is 47.0 Å². The first-order valence-corrected chi connectivity index (χ1v) is 11.6. The van der Waals surface area contributed by atoms with Crippen LogP contribution in [0.5, 0.6) is 5.75 Å². The minimum atomic E-state index is -3.86. The van der Waals surface area contributed by atoms with Crippen LogP contribution in [-0.2, 0) is 21.2 Å². The van der Waals surface area contributed by atoms with Crippen molar-refractivity contribution in [1.82, 2.24) is 20.2 Å². The van der Waals surface area contributed by atoms with Crippen molar-refractivity contribution in [2.24, 2.45) is 0 Å². The predicted molar refractivity (Wildman–Crippen MR) is 115 cm³/mol. The van der Waals surface area contributed by atoms with E-state index in [1.807, 2.05) is 12.1 Å². The summed E-state index contributed by atoms with van der Waals surface area (Å²) in [7, 11) is -3.86. The molecular weight excluding hydrogens is 436 g/mol. The molecule has 0 bridgehead atoms. The van der Waals surface area contributed by atoms with Gasteiger partial charge in [-0.15, -0.1) is 0 Å². The van der Waals surface area contributed by atoms with Crippen LogP contribution in [0.25, 0.3) is 22.8 Å². The average molecular weight is 458 g/mol. The van der Waals surface area contributed by atoms with Crippen molar-refractivity contribution < 1.29 is 27.9 Å². The standard InChI is InChI=1S/C21H22N4O6S/c26-11-10-22-19(28)12-32(29,30)25-18-9-8-15-16(18)2-1-3-17(15)20-23-21(31-24-20)13-4-6-14(27)7-5-13/h1-7,18,25-27H,8-12H2,(H,22,28)/t18-/m0/s1. The van der Waals surface area contributed by atoms with Gasteiger partial charge in [-0.05, 0) is 48.2 Å². The number of nitrogens with zero attached hydrogens (tertiary/aromatic N) is 2. The summed E-state index contributed by atoms with van der Waals surface area (Å²) in [6.45, 7) is -0.261. The van der Waals surface area contributed by atoms with Crippen molar-refractivity contribution in [1.29, 1.82) is 0 Å². The number of aliphatic hydroxyl groups is 1. The lowest BCUT2D eigenvalue weighted by molar-refractivity contribution is -0.118. The quantitative estimate of drug-likeness (QED) is 0.391. The van der Waals surface area contributed by atoms with Crippen LogP contribution in [0.3, 0.4) is 0 Å². The first kappa shape index (κ1) is 21.9. The molecule has 10 nitrogen and oxygen atoms in total. The van der Waals surface area contributed by atoms with E-state index in [-0.39, 0.29) is 18.9 Å². The van der Waals surface area contributed by atoms with E-state index >= 15 is 0 Å². The number of aromatic hydroxyl groups is 1. The number of aromatic nitrogens is 2. The second-order valence-electron chi connectivity index (χ2n) is 7.39. The fourth-order valence-electron chi connectivity index (χ4n) is 3.72. The third kappa shape index (κ3) is 4.79. The van der Waals surface area contributed by atoms with Gasteiger partial charge in [-0.1, -0.05) is 23.4 Å². The van der Waals surface area contributed by atoms with Crippen LogP contribution in [0, 0.1) is 0 Å². The molecule has 1 heterocycles. The zero-order chi connectivity index (χ0) is 22.7. The topological polar surface area (TPSA) is 155 Å². The molecule has 1 atom stereocenters. The summed E-state index contributed by atoms with van der Waals surface area (Å²) >= 11 is 0. The molecule has 0 saturated carbocycles. The number of nitrogens with one attached hydrogen (secondary N) is 2. The second kappa shape index (κ2) is 9.07. The number of rotatable bonds is 8. The number of hydrogen-bond donors (Lipinski definition) is 4. The fourth-order valence-corrected chi connectivity index (χ4v) is 4.93. The normalized spacial score (nSPS) is 15.5. The number of sulfonamides is 1. The minimum Gasteiger partial charge on any atom is -0.508 e. The Morgan fingerprint density at radius 1 is 1.19 bits per heavy atom. The zero-order valence-electron chi connectivity index (χ0n) is 17.0. The second-order valence-corrected chi connectivity index (χ2v) is 9.14. The van der Waals surface area contributed by atoms with Gasteiger partial charge in [0.05, 0.1) is 6.61 Å². The van der Waals surface area contributed by atoms with Gasteiger partial charge in [-0.25, -0.2) is 13.1 Å². The van der Waals surface area contributed by atoms with Crippen molar-refractivity contribution in [3.8, 4) is 28.6 Å². The molecule has 1 amide bonds. The van der Waals surface area contributed by atoms with Gasteiger partial charge >= 0.3 is 0 Å². The Balaban J connectivity index is 1.54. The molecule has 0 spiro atoms. The predicted octanol–water partition coefficient (Wildman–Crippen LogP) is 1.12. The number of carbonyl (C=O) groups excluding carboxylic acids is 1. The largest absolute Gasteiger partial charge is 0.508 e. The fraction of sp³-hybridized carbons (Fsp3) is 0.286. The number of amides is 1. The van der Waals surface area contributed by atoms with Gasteiger partial charge in [0.1, 0.15) is 11.5 Å². The van der Waals surface area contributed by atoms with Crippen molar-refractivity contribution in [3.05, 3.63) is 53.6 Å². The molecule has 4 rings (SSSR count). The van der Waals surface area contributed by atoms with Crippen LogP contribution in [0.4, 0.5) is 0 Å². The van der Waals surface area contributed by atoms with Crippen LogP contribution >= 0.6 is 0 Å². The monoisotopic (exact) mass is 458 g/mol. The van der Waals surface area contributed by atoms with E-state index in [0.29, 0.717) is 30.1 Å². The van der Waals surface area contributed by atoms with Crippen LogP contribution in [-0.4, -0.2) is 53.6 Å². The Bertz CT molecular complexity index is 1220. The van der Waals surface area contributed by atoms with Crippen LogP contribution in [0.1, 0.15) is 23.6 Å². The van der Waals surface area contributed by atoms with Gasteiger partial charge in [0, 0.05) is 23.7 Å². The van der Waals surface area contributed by atoms with E-state index in [4.69, 9.17) is 9.63 Å². The summed E-state index contributed by atoms with van der Waals surface area (Å²) < 4.78 is 32.8. The van der Waals surface area contributed by atoms with Crippen LogP contribution < -0.4 is 10.0 Å². The molecule has 1 aromatic heterocycles. The Morgan fingerprint density at radius 2 is 1.97 bits per heavy atom. The maximum absolute atomic E-state index is 12.4. The highest BCUT2D eigenvalue weighted by Crippen LogP contribution is 2.37. The molecule has 3 aromatic rings. The van der Waals surface area contributed by atoms with Gasteiger partial charge in [-0.3, -0.25) is 4.79 Å². The first-order chi connectivity index (χ1) is 15.4. The lowest BCUT2D eigenvalue weighted by atomic mass is 10.0. The molecule has 0 fully saturated rings. The van der Waals surface area contributed by atoms with Crippen molar-refractivity contribution in [2.75, 3.05) is 18.9 Å².